The van der Waals surface area contributed by atoms with E-state index in [4.69, 9.17) is 14.2 Å². The summed E-state index contributed by atoms with van der Waals surface area (Å²) in [6.45, 7) is 5.09. The minimum Gasteiger partial charge on any atom is -0.460 e. The molecule has 0 aromatic heterocycles. The van der Waals surface area contributed by atoms with Crippen LogP contribution in [0.5, 0.6) is 0 Å². The molecule has 2 aromatic rings. The van der Waals surface area contributed by atoms with Crippen LogP contribution in [0.15, 0.2) is 60.7 Å². The fourth-order valence-corrected chi connectivity index (χ4v) is 2.57. The number of benzene rings is 2. The van der Waals surface area contributed by atoms with Crippen molar-refractivity contribution in [3.63, 3.8) is 0 Å². The Hall–Kier alpha value is -3.39. The molecule has 0 saturated heterocycles. The Morgan fingerprint density at radius 2 is 1.44 bits per heavy atom. The van der Waals surface area contributed by atoms with Crippen molar-refractivity contribution < 1.29 is 28.6 Å². The summed E-state index contributed by atoms with van der Waals surface area (Å²) >= 11 is 0. The molecule has 1 unspecified atom stereocenters. The summed E-state index contributed by atoms with van der Waals surface area (Å²) in [5.74, 6) is -1.18. The molecule has 0 aliphatic rings. The van der Waals surface area contributed by atoms with E-state index in [1.165, 1.54) is 0 Å². The number of rotatable bonds is 10. The second-order valence-corrected chi connectivity index (χ2v) is 8.06. The highest BCUT2D eigenvalue weighted by atomic mass is 16.6. The van der Waals surface area contributed by atoms with E-state index in [0.717, 1.165) is 11.1 Å². The van der Waals surface area contributed by atoms with Gasteiger partial charge in [-0.1, -0.05) is 60.7 Å². The van der Waals surface area contributed by atoms with Crippen molar-refractivity contribution >= 4 is 18.0 Å². The van der Waals surface area contributed by atoms with E-state index in [9.17, 15) is 14.4 Å². The van der Waals surface area contributed by atoms with Crippen LogP contribution in [-0.2, 0) is 37.0 Å². The first-order valence-corrected chi connectivity index (χ1v) is 10.3. The summed E-state index contributed by atoms with van der Waals surface area (Å²) in [6, 6.07) is 17.6. The van der Waals surface area contributed by atoms with Crippen LogP contribution in [0.4, 0.5) is 4.79 Å². The third kappa shape index (κ3) is 10.1. The highest BCUT2D eigenvalue weighted by Gasteiger charge is 2.25. The van der Waals surface area contributed by atoms with Gasteiger partial charge in [0.15, 0.2) is 0 Å². The molecule has 0 radical (unpaired) electrons. The van der Waals surface area contributed by atoms with Crippen molar-refractivity contribution in [3.05, 3.63) is 71.8 Å². The Balaban J connectivity index is 1.86. The van der Waals surface area contributed by atoms with Crippen LogP contribution in [0, 0.1) is 0 Å². The van der Waals surface area contributed by atoms with Crippen molar-refractivity contribution in [3.8, 4) is 0 Å². The predicted octanol–water partition coefficient (Wildman–Crippen LogP) is 2.96. The molecular weight excluding hydrogens is 412 g/mol. The van der Waals surface area contributed by atoms with Crippen LogP contribution in [-0.4, -0.2) is 42.8 Å². The van der Waals surface area contributed by atoms with Gasteiger partial charge in [-0.2, -0.15) is 0 Å². The number of ether oxygens (including phenoxy) is 3. The number of carbonyl (C=O) groups excluding carboxylic acids is 3. The average Bonchev–Trinajstić information content (AvgIpc) is 2.75. The Bertz CT molecular complexity index is 865. The minimum atomic E-state index is -1.05. The molecule has 0 bridgehead atoms. The molecule has 0 aliphatic heterocycles. The summed E-state index contributed by atoms with van der Waals surface area (Å²) in [5, 5.41) is 4.96. The Labute approximate surface area is 188 Å². The lowest BCUT2D eigenvalue weighted by molar-refractivity contribution is -0.145. The predicted molar refractivity (Wildman–Crippen MR) is 119 cm³/mol. The first-order valence-electron chi connectivity index (χ1n) is 10.3. The van der Waals surface area contributed by atoms with Crippen LogP contribution in [0.1, 0.15) is 31.9 Å². The minimum absolute atomic E-state index is 0.0982. The lowest BCUT2D eigenvalue weighted by Gasteiger charge is -2.23. The number of amides is 2. The normalized spacial score (nSPS) is 11.8. The Morgan fingerprint density at radius 3 is 2.00 bits per heavy atom. The lowest BCUT2D eigenvalue weighted by atomic mass is 10.2. The molecule has 0 aliphatic carbocycles. The van der Waals surface area contributed by atoms with Gasteiger partial charge in [0.05, 0.1) is 13.2 Å². The summed E-state index contributed by atoms with van der Waals surface area (Å²) < 4.78 is 16.0. The maximum atomic E-state index is 12.6. The molecule has 8 nitrogen and oxygen atoms in total. The molecule has 2 rings (SSSR count). The van der Waals surface area contributed by atoms with Gasteiger partial charge in [0, 0.05) is 0 Å². The topological polar surface area (TPSA) is 103 Å². The van der Waals surface area contributed by atoms with E-state index in [1.807, 2.05) is 60.7 Å². The number of nitrogens with one attached hydrogen (secondary N) is 2. The van der Waals surface area contributed by atoms with Crippen LogP contribution in [0.3, 0.4) is 0 Å². The zero-order valence-corrected chi connectivity index (χ0v) is 18.6. The first-order chi connectivity index (χ1) is 15.2. The first kappa shape index (κ1) is 24.9. The maximum absolute atomic E-state index is 12.6. The third-order valence-electron chi connectivity index (χ3n) is 4.05. The van der Waals surface area contributed by atoms with E-state index in [0.29, 0.717) is 0 Å². The smallest absolute Gasteiger partial charge is 0.408 e. The van der Waals surface area contributed by atoms with Crippen molar-refractivity contribution in [1.82, 2.24) is 10.6 Å². The molecule has 2 aromatic carbocycles. The molecule has 1 atom stereocenters. The van der Waals surface area contributed by atoms with Gasteiger partial charge in [-0.15, -0.1) is 0 Å². The molecule has 2 N–H and O–H groups in total. The molecule has 172 valence electrons. The highest BCUT2D eigenvalue weighted by Crippen LogP contribution is 2.07. The molecule has 0 fully saturated rings. The standard InChI is InChI=1S/C24H30N2O6/c1-24(2,3)32-23(29)26-20(17-30-15-18-10-6-4-7-11-18)22(28)25-14-21(27)31-16-19-12-8-5-9-13-19/h4-13,20H,14-17H2,1-3H3,(H,25,28)(H,26,29). The number of hydrogen-bond acceptors (Lipinski definition) is 6. The summed E-state index contributed by atoms with van der Waals surface area (Å²) in [4.78, 5) is 36.7. The van der Waals surface area contributed by atoms with Crippen molar-refractivity contribution in [1.29, 1.82) is 0 Å². The number of hydrogen-bond donors (Lipinski definition) is 2. The number of alkyl carbamates (subject to hydrolysis) is 1. The third-order valence-corrected chi connectivity index (χ3v) is 4.05. The van der Waals surface area contributed by atoms with E-state index < -0.39 is 29.6 Å². The molecule has 8 heteroatoms. The number of carbonyl (C=O) groups is 3. The van der Waals surface area contributed by atoms with Crippen LogP contribution in [0.25, 0.3) is 0 Å². The van der Waals surface area contributed by atoms with Crippen LogP contribution >= 0.6 is 0 Å². The van der Waals surface area contributed by atoms with E-state index in [-0.39, 0.29) is 26.4 Å². The maximum Gasteiger partial charge on any atom is 0.408 e. The zero-order valence-electron chi connectivity index (χ0n) is 18.6. The summed E-state index contributed by atoms with van der Waals surface area (Å²) in [6.07, 6.45) is -0.757. The average molecular weight is 443 g/mol. The van der Waals surface area contributed by atoms with Gasteiger partial charge in [0.2, 0.25) is 5.91 Å². The van der Waals surface area contributed by atoms with Crippen molar-refractivity contribution in [2.24, 2.45) is 0 Å². The molecule has 2 amide bonds. The van der Waals surface area contributed by atoms with Gasteiger partial charge in [-0.25, -0.2) is 4.79 Å². The second-order valence-electron chi connectivity index (χ2n) is 8.06. The van der Waals surface area contributed by atoms with Gasteiger partial charge in [0.25, 0.3) is 0 Å². The fourth-order valence-electron chi connectivity index (χ4n) is 2.57. The van der Waals surface area contributed by atoms with Crippen molar-refractivity contribution in [2.75, 3.05) is 13.2 Å². The summed E-state index contributed by atoms with van der Waals surface area (Å²) in [5.41, 5.74) is 1.04. The Morgan fingerprint density at radius 1 is 0.875 bits per heavy atom. The monoisotopic (exact) mass is 442 g/mol. The van der Waals surface area contributed by atoms with Crippen LogP contribution < -0.4 is 10.6 Å². The molecule has 32 heavy (non-hydrogen) atoms. The summed E-state index contributed by atoms with van der Waals surface area (Å²) in [7, 11) is 0. The zero-order chi connectivity index (χ0) is 23.4. The van der Waals surface area contributed by atoms with Gasteiger partial charge < -0.3 is 24.8 Å². The quantitative estimate of drug-likeness (QED) is 0.549. The van der Waals surface area contributed by atoms with Crippen LogP contribution in [0.2, 0.25) is 0 Å². The highest BCUT2D eigenvalue weighted by molar-refractivity contribution is 5.88. The molecular formula is C24H30N2O6. The van der Waals surface area contributed by atoms with Gasteiger partial charge in [0.1, 0.15) is 24.8 Å². The lowest BCUT2D eigenvalue weighted by Crippen LogP contribution is -2.51. The molecule has 0 saturated carbocycles. The fraction of sp³-hybridized carbons (Fsp3) is 0.375. The van der Waals surface area contributed by atoms with Gasteiger partial charge in [-0.05, 0) is 31.9 Å². The van der Waals surface area contributed by atoms with E-state index in [2.05, 4.69) is 10.6 Å². The van der Waals surface area contributed by atoms with Gasteiger partial charge >= 0.3 is 12.1 Å². The molecule has 0 heterocycles. The van der Waals surface area contributed by atoms with E-state index >= 15 is 0 Å². The molecule has 0 spiro atoms. The van der Waals surface area contributed by atoms with E-state index in [1.54, 1.807) is 20.8 Å². The largest absolute Gasteiger partial charge is 0.460 e. The van der Waals surface area contributed by atoms with Gasteiger partial charge in [-0.3, -0.25) is 9.59 Å². The SMILES string of the molecule is CC(C)(C)OC(=O)NC(COCc1ccccc1)C(=O)NCC(=O)OCc1ccccc1. The van der Waals surface area contributed by atoms with Crippen molar-refractivity contribution in [2.45, 2.75) is 45.6 Å². The number of esters is 1. The Kier molecular flexibility index (Phi) is 9.69. The second kappa shape index (κ2) is 12.5.